The second-order valence-corrected chi connectivity index (χ2v) is 5.86. The number of hydrogen-bond acceptors (Lipinski definition) is 6. The van der Waals surface area contributed by atoms with Crippen molar-refractivity contribution in [1.82, 2.24) is 19.8 Å². The molecule has 0 aliphatic heterocycles. The quantitative estimate of drug-likeness (QED) is 0.756. The molecule has 0 saturated carbocycles. The summed E-state index contributed by atoms with van der Waals surface area (Å²) < 4.78 is 23.2. The first-order valence-corrected chi connectivity index (χ1v) is 7.86. The van der Waals surface area contributed by atoms with Gasteiger partial charge in [-0.3, -0.25) is 5.32 Å². The molecule has 0 fully saturated rings. The molecule has 0 spiro atoms. The van der Waals surface area contributed by atoms with Crippen LogP contribution in [0, 0.1) is 19.7 Å². The van der Waals surface area contributed by atoms with E-state index in [0.29, 0.717) is 10.9 Å². The van der Waals surface area contributed by atoms with Crippen LogP contribution in [0.2, 0.25) is 0 Å². The minimum atomic E-state index is -0.877. The van der Waals surface area contributed by atoms with Crippen molar-refractivity contribution in [2.24, 2.45) is 0 Å². The van der Waals surface area contributed by atoms with Gasteiger partial charge in [0, 0.05) is 12.5 Å². The summed E-state index contributed by atoms with van der Waals surface area (Å²) in [4.78, 5) is 16.3. The largest absolute Gasteiger partial charge is 0.340 e. The summed E-state index contributed by atoms with van der Waals surface area (Å²) >= 11 is 1.16. The predicted molar refractivity (Wildman–Crippen MR) is 86.3 cm³/mol. The molecule has 0 radical (unpaired) electrons. The molecule has 24 heavy (non-hydrogen) atoms. The fourth-order valence-corrected chi connectivity index (χ4v) is 2.78. The van der Waals surface area contributed by atoms with E-state index in [4.69, 9.17) is 4.52 Å². The minimum Gasteiger partial charge on any atom is -0.340 e. The fourth-order valence-electron chi connectivity index (χ4n) is 2.12. The number of carbonyl (C=O) groups is 1. The molecular weight excluding hydrogens is 333 g/mol. The Balaban J connectivity index is 1.85. The van der Waals surface area contributed by atoms with Gasteiger partial charge < -0.3 is 9.84 Å². The van der Waals surface area contributed by atoms with Crippen molar-refractivity contribution in [2.75, 3.05) is 5.32 Å². The van der Waals surface area contributed by atoms with Gasteiger partial charge in [-0.25, -0.2) is 9.18 Å². The van der Waals surface area contributed by atoms with Crippen molar-refractivity contribution in [1.29, 1.82) is 0 Å². The van der Waals surface area contributed by atoms with Crippen LogP contribution >= 0.6 is 11.5 Å². The molecule has 7 nitrogen and oxygen atoms in total. The summed E-state index contributed by atoms with van der Waals surface area (Å²) in [5.41, 5.74) is 1.05. The van der Waals surface area contributed by atoms with E-state index in [2.05, 4.69) is 25.1 Å². The van der Waals surface area contributed by atoms with Crippen molar-refractivity contribution >= 4 is 22.6 Å². The van der Waals surface area contributed by atoms with Crippen LogP contribution in [-0.2, 0) is 0 Å². The lowest BCUT2D eigenvalue weighted by atomic mass is 10.1. The average Bonchev–Trinajstić information content (AvgIpc) is 3.14. The molecule has 3 aromatic rings. The molecule has 1 atom stereocenters. The zero-order valence-corrected chi connectivity index (χ0v) is 13.7. The molecule has 2 amide bonds. The fraction of sp³-hybridized carbons (Fsp3) is 0.200. The summed E-state index contributed by atoms with van der Waals surface area (Å²) in [7, 11) is 0. The van der Waals surface area contributed by atoms with Crippen molar-refractivity contribution in [2.45, 2.75) is 19.9 Å². The molecule has 1 unspecified atom stereocenters. The van der Waals surface area contributed by atoms with Gasteiger partial charge in [0.25, 0.3) is 0 Å². The van der Waals surface area contributed by atoms with Gasteiger partial charge in [0.05, 0.1) is 5.69 Å². The van der Waals surface area contributed by atoms with Gasteiger partial charge in [-0.05, 0) is 30.6 Å². The normalized spacial score (nSPS) is 12.0. The lowest BCUT2D eigenvalue weighted by Gasteiger charge is -2.16. The zero-order chi connectivity index (χ0) is 17.1. The first kappa shape index (κ1) is 16.1. The van der Waals surface area contributed by atoms with E-state index >= 15 is 0 Å². The topological polar surface area (TPSA) is 92.9 Å². The monoisotopic (exact) mass is 347 g/mol. The number of anilines is 1. The Labute approximate surface area is 141 Å². The van der Waals surface area contributed by atoms with Crippen LogP contribution in [0.25, 0.3) is 0 Å². The number of hydrogen-bond donors (Lipinski definition) is 2. The van der Waals surface area contributed by atoms with Crippen LogP contribution in [0.3, 0.4) is 0 Å². The molecule has 2 heterocycles. The molecule has 9 heteroatoms. The van der Waals surface area contributed by atoms with E-state index in [-0.39, 0.29) is 11.4 Å². The molecule has 0 bridgehead atoms. The van der Waals surface area contributed by atoms with Gasteiger partial charge in [-0.2, -0.15) is 9.36 Å². The number of carbonyl (C=O) groups excluding carboxylic acids is 1. The second-order valence-electron chi connectivity index (χ2n) is 5.06. The molecule has 1 aromatic carbocycles. The molecule has 0 saturated heterocycles. The lowest BCUT2D eigenvalue weighted by Crippen LogP contribution is -2.34. The van der Waals surface area contributed by atoms with E-state index in [1.54, 1.807) is 31.2 Å². The minimum absolute atomic E-state index is 0.174. The van der Waals surface area contributed by atoms with Crippen LogP contribution in [0.15, 0.2) is 34.9 Å². The third-order valence-electron chi connectivity index (χ3n) is 3.16. The number of aromatic nitrogens is 3. The molecule has 2 N–H and O–H groups in total. The van der Waals surface area contributed by atoms with Gasteiger partial charge in [0.15, 0.2) is 5.82 Å². The average molecular weight is 347 g/mol. The number of benzene rings is 1. The Morgan fingerprint density at radius 2 is 2.12 bits per heavy atom. The third-order valence-corrected chi connectivity index (χ3v) is 3.95. The van der Waals surface area contributed by atoms with E-state index < -0.39 is 17.9 Å². The summed E-state index contributed by atoms with van der Waals surface area (Å²) in [6.07, 6.45) is 0. The Morgan fingerprint density at radius 1 is 1.33 bits per heavy atom. The Bertz CT molecular complexity index is 863. The maximum Gasteiger partial charge on any atom is 0.320 e. The SMILES string of the molecule is Cc1cc(NC(=O)NC(c2noc(C)n2)c2ccccc2F)sn1. The van der Waals surface area contributed by atoms with Crippen molar-refractivity contribution in [3.63, 3.8) is 0 Å². The molecule has 3 rings (SSSR count). The van der Waals surface area contributed by atoms with Gasteiger partial charge in [0.2, 0.25) is 5.89 Å². The Kier molecular flexibility index (Phi) is 4.52. The molecule has 2 aromatic heterocycles. The number of rotatable bonds is 4. The number of nitrogens with one attached hydrogen (secondary N) is 2. The van der Waals surface area contributed by atoms with Crippen LogP contribution in [0.1, 0.15) is 29.0 Å². The summed E-state index contributed by atoms with van der Waals surface area (Å²) in [6, 6.07) is 6.44. The smallest absolute Gasteiger partial charge is 0.320 e. The first-order valence-electron chi connectivity index (χ1n) is 7.08. The summed E-state index contributed by atoms with van der Waals surface area (Å²) in [5, 5.41) is 9.70. The lowest BCUT2D eigenvalue weighted by molar-refractivity contribution is 0.249. The van der Waals surface area contributed by atoms with Crippen LogP contribution in [-0.4, -0.2) is 20.5 Å². The highest BCUT2D eigenvalue weighted by atomic mass is 32.1. The highest BCUT2D eigenvalue weighted by Gasteiger charge is 2.24. The Morgan fingerprint density at radius 3 is 2.75 bits per heavy atom. The van der Waals surface area contributed by atoms with Crippen LogP contribution in [0.4, 0.5) is 14.2 Å². The van der Waals surface area contributed by atoms with Gasteiger partial charge in [-0.15, -0.1) is 0 Å². The van der Waals surface area contributed by atoms with E-state index in [1.165, 1.54) is 6.07 Å². The van der Waals surface area contributed by atoms with E-state index in [1.807, 2.05) is 6.92 Å². The number of aryl methyl sites for hydroxylation is 2. The summed E-state index contributed by atoms with van der Waals surface area (Å²) in [5.74, 6) is 0.0266. The molecule has 0 aliphatic rings. The van der Waals surface area contributed by atoms with Gasteiger partial charge >= 0.3 is 6.03 Å². The number of halogens is 1. The molecule has 0 aliphatic carbocycles. The first-order chi connectivity index (χ1) is 11.5. The van der Waals surface area contributed by atoms with Crippen LogP contribution < -0.4 is 10.6 Å². The number of urea groups is 1. The second kappa shape index (κ2) is 6.75. The number of amides is 2. The highest BCUT2D eigenvalue weighted by molar-refractivity contribution is 7.10. The van der Waals surface area contributed by atoms with Crippen LogP contribution in [0.5, 0.6) is 0 Å². The van der Waals surface area contributed by atoms with E-state index in [0.717, 1.165) is 17.2 Å². The molecule has 124 valence electrons. The highest BCUT2D eigenvalue weighted by Crippen LogP contribution is 2.23. The third kappa shape index (κ3) is 3.57. The Hall–Kier alpha value is -2.81. The zero-order valence-electron chi connectivity index (χ0n) is 12.9. The van der Waals surface area contributed by atoms with Crippen molar-refractivity contribution < 1.29 is 13.7 Å². The van der Waals surface area contributed by atoms with Gasteiger partial charge in [-0.1, -0.05) is 23.4 Å². The molecular formula is C15H14FN5O2S. The number of nitrogens with zero attached hydrogens (tertiary/aromatic N) is 3. The van der Waals surface area contributed by atoms with Gasteiger partial charge in [0.1, 0.15) is 16.9 Å². The standard InChI is InChI=1S/C15H14FN5O2S/c1-8-7-12(24-21-8)18-15(22)19-13(14-17-9(2)23-20-14)10-5-3-4-6-11(10)16/h3-7,13H,1-2H3,(H2,18,19,22). The predicted octanol–water partition coefficient (Wildman–Crippen LogP) is 3.19. The van der Waals surface area contributed by atoms with Crippen molar-refractivity contribution in [3.05, 3.63) is 59.1 Å². The van der Waals surface area contributed by atoms with Crippen molar-refractivity contribution in [3.8, 4) is 0 Å². The van der Waals surface area contributed by atoms with E-state index in [9.17, 15) is 9.18 Å². The maximum atomic E-state index is 14.1. The summed E-state index contributed by atoms with van der Waals surface area (Å²) in [6.45, 7) is 3.44. The maximum absolute atomic E-state index is 14.1.